The Bertz CT molecular complexity index is 537. The first kappa shape index (κ1) is 15.1. The zero-order chi connectivity index (χ0) is 14.4. The average molecular weight is 286 g/mol. The fourth-order valence-electron chi connectivity index (χ4n) is 2.10. The summed E-state index contributed by atoms with van der Waals surface area (Å²) in [7, 11) is 0. The van der Waals surface area contributed by atoms with E-state index in [1.165, 1.54) is 21.6 Å². The Labute approximate surface area is 125 Å². The van der Waals surface area contributed by atoms with Gasteiger partial charge in [-0.2, -0.15) is 0 Å². The van der Waals surface area contributed by atoms with Crippen molar-refractivity contribution in [3.8, 4) is 0 Å². The molecule has 0 aliphatic carbocycles. The van der Waals surface area contributed by atoms with Gasteiger partial charge in [0.25, 0.3) is 0 Å². The molecule has 2 aromatic rings. The van der Waals surface area contributed by atoms with Crippen LogP contribution in [-0.2, 0) is 6.42 Å². The summed E-state index contributed by atoms with van der Waals surface area (Å²) in [5, 5.41) is 0. The molecule has 0 saturated heterocycles. The van der Waals surface area contributed by atoms with Gasteiger partial charge in [-0.1, -0.05) is 42.0 Å². The van der Waals surface area contributed by atoms with E-state index in [1.807, 2.05) is 11.8 Å². The highest BCUT2D eigenvalue weighted by molar-refractivity contribution is 7.99. The standard InChI is InChI=1S/C17H22N2S/c1-13-7-9-17(10-8-13)20-12-16(19-18)11-15-6-4-3-5-14(15)2/h3-10,16,19H,11-12,18H2,1-2H3. The normalized spacial score (nSPS) is 12.3. The van der Waals surface area contributed by atoms with E-state index >= 15 is 0 Å². The molecule has 0 heterocycles. The third-order valence-corrected chi connectivity index (χ3v) is 4.61. The molecule has 0 radical (unpaired) electrons. The Morgan fingerprint density at radius 3 is 2.40 bits per heavy atom. The molecule has 2 nitrogen and oxygen atoms in total. The Morgan fingerprint density at radius 2 is 1.75 bits per heavy atom. The summed E-state index contributed by atoms with van der Waals surface area (Å²) in [6, 6.07) is 17.4. The molecule has 0 spiro atoms. The van der Waals surface area contributed by atoms with E-state index in [2.05, 4.69) is 67.8 Å². The molecule has 0 aromatic heterocycles. The Morgan fingerprint density at radius 1 is 1.05 bits per heavy atom. The largest absolute Gasteiger partial charge is 0.271 e. The number of hydrazine groups is 1. The van der Waals surface area contributed by atoms with Gasteiger partial charge in [0.15, 0.2) is 0 Å². The van der Waals surface area contributed by atoms with Crippen LogP contribution < -0.4 is 11.3 Å². The predicted molar refractivity (Wildman–Crippen MR) is 87.9 cm³/mol. The summed E-state index contributed by atoms with van der Waals surface area (Å²) in [4.78, 5) is 1.29. The molecule has 3 N–H and O–H groups in total. The molecule has 0 bridgehead atoms. The molecule has 0 saturated carbocycles. The van der Waals surface area contributed by atoms with Crippen LogP contribution in [0.25, 0.3) is 0 Å². The Hall–Kier alpha value is -1.29. The molecule has 106 valence electrons. The summed E-state index contributed by atoms with van der Waals surface area (Å²) in [6.45, 7) is 4.26. The number of hydrogen-bond acceptors (Lipinski definition) is 3. The first-order valence-corrected chi connectivity index (χ1v) is 7.87. The van der Waals surface area contributed by atoms with Crippen LogP contribution in [-0.4, -0.2) is 11.8 Å². The van der Waals surface area contributed by atoms with Crippen molar-refractivity contribution < 1.29 is 0 Å². The van der Waals surface area contributed by atoms with Crippen LogP contribution in [0.4, 0.5) is 0 Å². The van der Waals surface area contributed by atoms with Crippen LogP contribution in [0.15, 0.2) is 53.4 Å². The highest BCUT2D eigenvalue weighted by atomic mass is 32.2. The van der Waals surface area contributed by atoms with Gasteiger partial charge in [-0.15, -0.1) is 11.8 Å². The molecule has 3 heteroatoms. The van der Waals surface area contributed by atoms with E-state index in [4.69, 9.17) is 5.84 Å². The van der Waals surface area contributed by atoms with Gasteiger partial charge in [0.05, 0.1) is 0 Å². The maximum Gasteiger partial charge on any atom is 0.0345 e. The number of nitrogens with two attached hydrogens (primary N) is 1. The zero-order valence-corrected chi connectivity index (χ0v) is 12.9. The first-order chi connectivity index (χ1) is 9.69. The highest BCUT2D eigenvalue weighted by Gasteiger charge is 2.09. The van der Waals surface area contributed by atoms with Gasteiger partial charge in [-0.25, -0.2) is 0 Å². The van der Waals surface area contributed by atoms with Crippen molar-refractivity contribution in [2.45, 2.75) is 31.2 Å². The number of rotatable bonds is 6. The monoisotopic (exact) mass is 286 g/mol. The van der Waals surface area contributed by atoms with E-state index in [-0.39, 0.29) is 6.04 Å². The second kappa shape index (κ2) is 7.48. The number of benzene rings is 2. The van der Waals surface area contributed by atoms with Gasteiger partial charge in [-0.05, 0) is 43.5 Å². The van der Waals surface area contributed by atoms with Crippen molar-refractivity contribution >= 4 is 11.8 Å². The van der Waals surface area contributed by atoms with Gasteiger partial charge >= 0.3 is 0 Å². The fourth-order valence-corrected chi connectivity index (χ4v) is 3.04. The third-order valence-electron chi connectivity index (χ3n) is 3.44. The smallest absolute Gasteiger partial charge is 0.0345 e. The van der Waals surface area contributed by atoms with Crippen LogP contribution in [0, 0.1) is 13.8 Å². The molecular formula is C17H22N2S. The Kier molecular flexibility index (Phi) is 5.65. The van der Waals surface area contributed by atoms with E-state index in [1.54, 1.807) is 0 Å². The quantitative estimate of drug-likeness (QED) is 0.485. The molecule has 1 atom stereocenters. The summed E-state index contributed by atoms with van der Waals surface area (Å²) >= 11 is 1.84. The van der Waals surface area contributed by atoms with E-state index in [0.717, 1.165) is 12.2 Å². The van der Waals surface area contributed by atoms with Crippen molar-refractivity contribution in [2.24, 2.45) is 5.84 Å². The Balaban J connectivity index is 1.92. The van der Waals surface area contributed by atoms with Gasteiger partial charge < -0.3 is 0 Å². The molecule has 0 amide bonds. The van der Waals surface area contributed by atoms with Gasteiger partial charge in [-0.3, -0.25) is 11.3 Å². The molecule has 1 unspecified atom stereocenters. The van der Waals surface area contributed by atoms with Crippen molar-refractivity contribution in [1.29, 1.82) is 0 Å². The maximum absolute atomic E-state index is 5.70. The molecule has 2 aromatic carbocycles. The van der Waals surface area contributed by atoms with Crippen LogP contribution in [0.5, 0.6) is 0 Å². The lowest BCUT2D eigenvalue weighted by molar-refractivity contribution is 0.574. The second-order valence-electron chi connectivity index (χ2n) is 5.12. The van der Waals surface area contributed by atoms with Crippen molar-refractivity contribution in [1.82, 2.24) is 5.43 Å². The van der Waals surface area contributed by atoms with Crippen LogP contribution in [0.3, 0.4) is 0 Å². The van der Waals surface area contributed by atoms with E-state index in [0.29, 0.717) is 0 Å². The number of hydrogen-bond donors (Lipinski definition) is 2. The van der Waals surface area contributed by atoms with Gasteiger partial charge in [0, 0.05) is 16.7 Å². The minimum atomic E-state index is 0.280. The van der Waals surface area contributed by atoms with E-state index < -0.39 is 0 Å². The summed E-state index contributed by atoms with van der Waals surface area (Å²) in [6.07, 6.45) is 0.960. The van der Waals surface area contributed by atoms with Crippen LogP contribution >= 0.6 is 11.8 Å². The maximum atomic E-state index is 5.70. The zero-order valence-electron chi connectivity index (χ0n) is 12.1. The first-order valence-electron chi connectivity index (χ1n) is 6.89. The predicted octanol–water partition coefficient (Wildman–Crippen LogP) is 3.47. The average Bonchev–Trinajstić information content (AvgIpc) is 2.47. The van der Waals surface area contributed by atoms with Crippen molar-refractivity contribution in [3.63, 3.8) is 0 Å². The van der Waals surface area contributed by atoms with Crippen LogP contribution in [0.1, 0.15) is 16.7 Å². The molecule has 0 aliphatic heterocycles. The molecule has 0 fully saturated rings. The molecular weight excluding hydrogens is 264 g/mol. The lowest BCUT2D eigenvalue weighted by Gasteiger charge is -2.17. The van der Waals surface area contributed by atoms with Crippen molar-refractivity contribution in [3.05, 3.63) is 65.2 Å². The number of aryl methyl sites for hydroxylation is 2. The summed E-state index contributed by atoms with van der Waals surface area (Å²) < 4.78 is 0. The molecule has 0 aliphatic rings. The lowest BCUT2D eigenvalue weighted by Crippen LogP contribution is -2.38. The number of thioether (sulfide) groups is 1. The molecule has 20 heavy (non-hydrogen) atoms. The molecule has 2 rings (SSSR count). The lowest BCUT2D eigenvalue weighted by atomic mass is 10.0. The fraction of sp³-hybridized carbons (Fsp3) is 0.294. The SMILES string of the molecule is Cc1ccc(SCC(Cc2ccccc2C)NN)cc1. The van der Waals surface area contributed by atoms with Gasteiger partial charge in [0.2, 0.25) is 0 Å². The van der Waals surface area contributed by atoms with Crippen LogP contribution in [0.2, 0.25) is 0 Å². The summed E-state index contributed by atoms with van der Waals surface area (Å²) in [5.74, 6) is 6.66. The topological polar surface area (TPSA) is 38.0 Å². The second-order valence-corrected chi connectivity index (χ2v) is 6.21. The van der Waals surface area contributed by atoms with Gasteiger partial charge in [0.1, 0.15) is 0 Å². The van der Waals surface area contributed by atoms with E-state index in [9.17, 15) is 0 Å². The minimum absolute atomic E-state index is 0.280. The summed E-state index contributed by atoms with van der Waals surface area (Å²) in [5.41, 5.74) is 6.92. The van der Waals surface area contributed by atoms with Crippen molar-refractivity contribution in [2.75, 3.05) is 5.75 Å². The third kappa shape index (κ3) is 4.37. The highest BCUT2D eigenvalue weighted by Crippen LogP contribution is 2.20. The number of nitrogens with one attached hydrogen (secondary N) is 1. The minimum Gasteiger partial charge on any atom is -0.271 e.